The number of amides is 2. The van der Waals surface area contributed by atoms with Gasteiger partial charge >= 0.3 is 6.18 Å². The van der Waals surface area contributed by atoms with Gasteiger partial charge in [0.2, 0.25) is 11.8 Å². The summed E-state index contributed by atoms with van der Waals surface area (Å²) >= 11 is 24.3. The van der Waals surface area contributed by atoms with Gasteiger partial charge in [0, 0.05) is 46.1 Å². The van der Waals surface area contributed by atoms with E-state index in [1.54, 1.807) is 0 Å². The minimum absolute atomic E-state index is 0.0269. The Labute approximate surface area is 223 Å². The third-order valence-electron chi connectivity index (χ3n) is 5.78. The Morgan fingerprint density at radius 2 is 1.75 bits per heavy atom. The van der Waals surface area contributed by atoms with Crippen molar-refractivity contribution in [2.24, 2.45) is 5.92 Å². The van der Waals surface area contributed by atoms with Gasteiger partial charge in [-0.3, -0.25) is 9.59 Å². The number of hydrogen-bond acceptors (Lipinski definition) is 2. The number of allylic oxidation sites excluding steroid dienone is 3. The van der Waals surface area contributed by atoms with Crippen LogP contribution in [0.2, 0.25) is 5.02 Å². The van der Waals surface area contributed by atoms with Crippen LogP contribution in [0.1, 0.15) is 36.8 Å². The van der Waals surface area contributed by atoms with Gasteiger partial charge in [-0.25, -0.2) is 8.78 Å². The van der Waals surface area contributed by atoms with E-state index >= 15 is 0 Å². The summed E-state index contributed by atoms with van der Waals surface area (Å²) in [5, 5.41) is 4.66. The van der Waals surface area contributed by atoms with Gasteiger partial charge in [0.1, 0.15) is 4.33 Å². The maximum Gasteiger partial charge on any atom is 0.416 e. The minimum Gasteiger partial charge on any atom is -0.349 e. The number of benzene rings is 1. The normalized spacial score (nSPS) is 23.5. The smallest absolute Gasteiger partial charge is 0.349 e. The first-order chi connectivity index (χ1) is 16.4. The Morgan fingerprint density at radius 1 is 1.14 bits per heavy atom. The molecule has 0 aromatic heterocycles. The number of carbonyl (C=O) groups excluding carboxylic acids is 2. The second-order valence-corrected chi connectivity index (χ2v) is 10.9. The van der Waals surface area contributed by atoms with Gasteiger partial charge in [-0.1, -0.05) is 29.8 Å². The molecular formula is C23H19Cl4F5N2O2. The average molecular weight is 592 g/mol. The molecule has 36 heavy (non-hydrogen) atoms. The lowest BCUT2D eigenvalue weighted by molar-refractivity contribution is -0.137. The molecule has 196 valence electrons. The summed E-state index contributed by atoms with van der Waals surface area (Å²) in [6.45, 7) is 5.03. The second kappa shape index (κ2) is 10.2. The van der Waals surface area contributed by atoms with Crippen molar-refractivity contribution >= 4 is 58.2 Å². The highest BCUT2D eigenvalue weighted by molar-refractivity contribution is 6.53. The summed E-state index contributed by atoms with van der Waals surface area (Å²) in [4.78, 5) is 24.8. The standard InChI is InChI=1S/C23H19Cl4F5N2O2/c1-10(3-4-16(25)11(2)19(35)34-15-8-21(28,29)9-15)33-20(36)18-17(22(18,26)27)12-5-13(23(30,31)32)7-14(24)6-12/h3-7,15,17-18H,1,8-9H2,2H3,(H,33,36)(H,34,35)/b4-3-,16-11-. The molecule has 0 heterocycles. The van der Waals surface area contributed by atoms with E-state index in [0.29, 0.717) is 0 Å². The Kier molecular flexibility index (Phi) is 8.11. The summed E-state index contributed by atoms with van der Waals surface area (Å²) in [5.74, 6) is -6.15. The van der Waals surface area contributed by atoms with Crippen molar-refractivity contribution < 1.29 is 31.5 Å². The number of halogens is 9. The van der Waals surface area contributed by atoms with Crippen molar-refractivity contribution in [3.63, 3.8) is 0 Å². The van der Waals surface area contributed by atoms with Gasteiger partial charge in [0.15, 0.2) is 0 Å². The van der Waals surface area contributed by atoms with Crippen LogP contribution >= 0.6 is 46.4 Å². The van der Waals surface area contributed by atoms with E-state index < -0.39 is 64.5 Å². The predicted octanol–water partition coefficient (Wildman–Crippen LogP) is 6.86. The van der Waals surface area contributed by atoms with Crippen molar-refractivity contribution in [3.05, 3.63) is 69.4 Å². The van der Waals surface area contributed by atoms with Crippen LogP contribution in [0.4, 0.5) is 22.0 Å². The molecule has 2 amide bonds. The molecule has 1 aromatic rings. The predicted molar refractivity (Wildman–Crippen MR) is 128 cm³/mol. The maximum absolute atomic E-state index is 13.1. The lowest BCUT2D eigenvalue weighted by atomic mass is 9.88. The average Bonchev–Trinajstić information content (AvgIpc) is 3.31. The van der Waals surface area contributed by atoms with E-state index in [1.807, 2.05) is 0 Å². The molecule has 2 aliphatic carbocycles. The van der Waals surface area contributed by atoms with E-state index in [-0.39, 0.29) is 26.9 Å². The number of alkyl halides is 7. The van der Waals surface area contributed by atoms with Crippen molar-refractivity contribution in [2.45, 2.75) is 48.2 Å². The zero-order valence-electron chi connectivity index (χ0n) is 18.5. The fourth-order valence-corrected chi connectivity index (χ4v) is 4.99. The monoisotopic (exact) mass is 590 g/mol. The molecule has 2 atom stereocenters. The fourth-order valence-electron chi connectivity index (χ4n) is 3.77. The van der Waals surface area contributed by atoms with E-state index in [0.717, 1.165) is 12.1 Å². The first kappa shape index (κ1) is 28.8. The first-order valence-electron chi connectivity index (χ1n) is 10.4. The summed E-state index contributed by atoms with van der Waals surface area (Å²) in [6, 6.07) is 2.20. The molecule has 0 radical (unpaired) electrons. The topological polar surface area (TPSA) is 58.2 Å². The Hall–Kier alpha value is -1.81. The van der Waals surface area contributed by atoms with E-state index in [1.165, 1.54) is 25.1 Å². The summed E-state index contributed by atoms with van der Waals surface area (Å²) < 4.78 is 63.5. The third-order valence-corrected chi connectivity index (χ3v) is 7.35. The number of nitrogens with one attached hydrogen (secondary N) is 2. The third kappa shape index (κ3) is 6.54. The van der Waals surface area contributed by atoms with Crippen molar-refractivity contribution in [1.29, 1.82) is 0 Å². The van der Waals surface area contributed by atoms with Crippen LogP contribution < -0.4 is 10.6 Å². The highest BCUT2D eigenvalue weighted by Crippen LogP contribution is 2.65. The summed E-state index contributed by atoms with van der Waals surface area (Å²) in [5.41, 5.74) is -0.856. The van der Waals surface area contributed by atoms with Crippen LogP contribution in [-0.4, -0.2) is 28.1 Å². The molecule has 2 fully saturated rings. The first-order valence-corrected chi connectivity index (χ1v) is 11.9. The van der Waals surface area contributed by atoms with Crippen molar-refractivity contribution in [1.82, 2.24) is 10.6 Å². The fraction of sp³-hybridized carbons (Fsp3) is 0.391. The number of hydrogen-bond donors (Lipinski definition) is 2. The van der Waals surface area contributed by atoms with E-state index in [9.17, 15) is 31.5 Å². The van der Waals surface area contributed by atoms with Gasteiger partial charge in [-0.15, -0.1) is 23.2 Å². The van der Waals surface area contributed by atoms with Crippen LogP contribution in [0.15, 0.2) is 53.2 Å². The summed E-state index contributed by atoms with van der Waals surface area (Å²) in [6.07, 6.45) is -3.01. The van der Waals surface area contributed by atoms with Crippen molar-refractivity contribution in [3.8, 4) is 0 Å². The van der Waals surface area contributed by atoms with Crippen LogP contribution in [0, 0.1) is 5.92 Å². The van der Waals surface area contributed by atoms with Gasteiger partial charge in [0.25, 0.3) is 5.92 Å². The molecule has 2 N–H and O–H groups in total. The molecule has 4 nitrogen and oxygen atoms in total. The van der Waals surface area contributed by atoms with E-state index in [2.05, 4.69) is 17.2 Å². The van der Waals surface area contributed by atoms with Crippen LogP contribution in [0.3, 0.4) is 0 Å². The van der Waals surface area contributed by atoms with Gasteiger partial charge in [-0.2, -0.15) is 13.2 Å². The molecule has 13 heteroatoms. The molecule has 1 aromatic carbocycles. The van der Waals surface area contributed by atoms with E-state index in [4.69, 9.17) is 46.4 Å². The van der Waals surface area contributed by atoms with Crippen LogP contribution in [0.25, 0.3) is 0 Å². The lowest BCUT2D eigenvalue weighted by Gasteiger charge is -2.35. The second-order valence-electron chi connectivity index (χ2n) is 8.66. The quantitative estimate of drug-likeness (QED) is 0.157. The Balaban J connectivity index is 1.62. The Bertz CT molecular complexity index is 1160. The zero-order valence-corrected chi connectivity index (χ0v) is 21.5. The van der Waals surface area contributed by atoms with Crippen LogP contribution in [0.5, 0.6) is 0 Å². The van der Waals surface area contributed by atoms with Gasteiger partial charge < -0.3 is 10.6 Å². The zero-order chi connectivity index (χ0) is 27.2. The molecule has 2 aliphatic rings. The molecule has 2 unspecified atom stereocenters. The minimum atomic E-state index is -4.66. The van der Waals surface area contributed by atoms with Gasteiger partial charge in [0.05, 0.1) is 11.5 Å². The summed E-state index contributed by atoms with van der Waals surface area (Å²) in [7, 11) is 0. The highest BCUT2D eigenvalue weighted by Gasteiger charge is 2.67. The van der Waals surface area contributed by atoms with Crippen molar-refractivity contribution in [2.75, 3.05) is 0 Å². The molecule has 0 aliphatic heterocycles. The molecular weight excluding hydrogens is 573 g/mol. The van der Waals surface area contributed by atoms with Gasteiger partial charge in [-0.05, 0) is 42.8 Å². The molecule has 0 spiro atoms. The SMILES string of the molecule is C=C(/C=C\C(Cl)=C(/C)C(=O)NC1CC(F)(F)C1)NC(=O)C1C(c2cc(Cl)cc(C(F)(F)F)c2)C1(Cl)Cl. The maximum atomic E-state index is 13.1. The lowest BCUT2D eigenvalue weighted by Crippen LogP contribution is -2.50. The molecule has 2 saturated carbocycles. The molecule has 0 saturated heterocycles. The molecule has 0 bridgehead atoms. The largest absolute Gasteiger partial charge is 0.416 e. The highest BCUT2D eigenvalue weighted by atomic mass is 35.5. The number of rotatable bonds is 7. The molecule has 3 rings (SSSR count). The Morgan fingerprint density at radius 3 is 2.31 bits per heavy atom. The van der Waals surface area contributed by atoms with Crippen LogP contribution in [-0.2, 0) is 15.8 Å². The number of carbonyl (C=O) groups is 2.